The standard InChI is InChI=1S/C23H40N3O3S/c1-7-9-10-11-16-28-21-20(24-30-25-21)18-14-12-15-26(6,17-18)22(23(3,4)5)29-19(27)13-8-2/h14,22H,7-13,15-17H2,1-6H3/q+1. The van der Waals surface area contributed by atoms with E-state index in [1.54, 1.807) is 0 Å². The molecule has 0 radical (unpaired) electrons. The predicted octanol–water partition coefficient (Wildman–Crippen LogP) is 5.45. The van der Waals surface area contributed by atoms with E-state index in [0.717, 1.165) is 43.6 Å². The highest BCUT2D eigenvalue weighted by molar-refractivity contribution is 6.99. The molecule has 30 heavy (non-hydrogen) atoms. The van der Waals surface area contributed by atoms with Crippen LogP contribution in [0.1, 0.15) is 85.3 Å². The van der Waals surface area contributed by atoms with Crippen molar-refractivity contribution >= 4 is 23.3 Å². The summed E-state index contributed by atoms with van der Waals surface area (Å²) < 4.78 is 21.6. The normalized spacial score (nSPS) is 20.5. The van der Waals surface area contributed by atoms with Crippen molar-refractivity contribution in [2.24, 2.45) is 5.41 Å². The molecule has 1 aromatic rings. The Morgan fingerprint density at radius 3 is 2.63 bits per heavy atom. The molecule has 1 aromatic heterocycles. The van der Waals surface area contributed by atoms with Gasteiger partial charge in [0.25, 0.3) is 5.88 Å². The first-order chi connectivity index (χ1) is 14.2. The molecule has 1 aliphatic rings. The van der Waals surface area contributed by atoms with Crippen LogP contribution in [0.25, 0.3) is 5.57 Å². The van der Waals surface area contributed by atoms with Crippen molar-refractivity contribution < 1.29 is 18.8 Å². The molecule has 0 saturated carbocycles. The van der Waals surface area contributed by atoms with Crippen LogP contribution in [0.2, 0.25) is 0 Å². The van der Waals surface area contributed by atoms with Crippen LogP contribution in [-0.2, 0) is 9.53 Å². The molecule has 0 spiro atoms. The molecule has 2 heterocycles. The van der Waals surface area contributed by atoms with Crippen molar-refractivity contribution in [2.75, 3.05) is 26.7 Å². The van der Waals surface area contributed by atoms with E-state index < -0.39 is 0 Å². The smallest absolute Gasteiger partial charge is 0.310 e. The minimum absolute atomic E-state index is 0.112. The maximum atomic E-state index is 12.4. The van der Waals surface area contributed by atoms with Crippen molar-refractivity contribution in [3.05, 3.63) is 11.8 Å². The van der Waals surface area contributed by atoms with Gasteiger partial charge in [0.1, 0.15) is 12.2 Å². The summed E-state index contributed by atoms with van der Waals surface area (Å²) in [6, 6.07) is 0. The highest BCUT2D eigenvalue weighted by atomic mass is 32.1. The Morgan fingerprint density at radius 2 is 1.97 bits per heavy atom. The van der Waals surface area contributed by atoms with Gasteiger partial charge in [-0.2, -0.15) is 4.37 Å². The Balaban J connectivity index is 2.14. The first-order valence-corrected chi connectivity index (χ1v) is 12.1. The molecule has 2 unspecified atom stereocenters. The van der Waals surface area contributed by atoms with Crippen LogP contribution in [0.3, 0.4) is 0 Å². The lowest BCUT2D eigenvalue weighted by Gasteiger charge is -2.47. The number of hydrogen-bond acceptors (Lipinski definition) is 6. The lowest BCUT2D eigenvalue weighted by Crippen LogP contribution is -2.61. The Labute approximate surface area is 186 Å². The second-order valence-corrected chi connectivity index (χ2v) is 10.2. The number of quaternary nitrogens is 1. The van der Waals surface area contributed by atoms with Crippen LogP contribution >= 0.6 is 11.7 Å². The molecule has 0 aliphatic carbocycles. The van der Waals surface area contributed by atoms with E-state index in [-0.39, 0.29) is 17.6 Å². The summed E-state index contributed by atoms with van der Waals surface area (Å²) in [4.78, 5) is 12.4. The minimum atomic E-state index is -0.217. The van der Waals surface area contributed by atoms with Gasteiger partial charge in [0.05, 0.1) is 37.3 Å². The second kappa shape index (κ2) is 11.2. The molecular formula is C23H40N3O3S+. The average molecular weight is 439 g/mol. The molecule has 0 saturated heterocycles. The third-order valence-corrected chi connectivity index (χ3v) is 6.08. The zero-order chi connectivity index (χ0) is 22.2. The van der Waals surface area contributed by atoms with E-state index in [2.05, 4.69) is 49.6 Å². The fourth-order valence-corrected chi connectivity index (χ4v) is 4.76. The Kier molecular flexibility index (Phi) is 9.29. The lowest BCUT2D eigenvalue weighted by molar-refractivity contribution is -0.954. The second-order valence-electron chi connectivity index (χ2n) is 9.66. The quantitative estimate of drug-likeness (QED) is 0.261. The summed E-state index contributed by atoms with van der Waals surface area (Å²) in [6.07, 6.45) is 8.86. The van der Waals surface area contributed by atoms with E-state index in [9.17, 15) is 4.79 Å². The highest BCUT2D eigenvalue weighted by Crippen LogP contribution is 2.37. The summed E-state index contributed by atoms with van der Waals surface area (Å²) >= 11 is 1.20. The minimum Gasteiger partial charge on any atom is -0.475 e. The van der Waals surface area contributed by atoms with Gasteiger partial charge in [-0.15, -0.1) is 4.37 Å². The van der Waals surface area contributed by atoms with Gasteiger partial charge in [-0.1, -0.05) is 60.0 Å². The van der Waals surface area contributed by atoms with Crippen molar-refractivity contribution in [3.8, 4) is 5.88 Å². The summed E-state index contributed by atoms with van der Waals surface area (Å²) in [5.74, 6) is 0.533. The van der Waals surface area contributed by atoms with Crippen LogP contribution in [-0.4, -0.2) is 52.2 Å². The van der Waals surface area contributed by atoms with Gasteiger partial charge in [-0.25, -0.2) is 0 Å². The molecule has 2 atom stereocenters. The largest absolute Gasteiger partial charge is 0.475 e. The summed E-state index contributed by atoms with van der Waals surface area (Å²) in [7, 11) is 2.19. The molecule has 6 nitrogen and oxygen atoms in total. The molecular weight excluding hydrogens is 398 g/mol. The van der Waals surface area contributed by atoms with Crippen molar-refractivity contribution in [2.45, 2.75) is 85.8 Å². The Bertz CT molecular complexity index is 711. The van der Waals surface area contributed by atoms with Crippen LogP contribution < -0.4 is 4.74 Å². The fourth-order valence-electron chi connectivity index (χ4n) is 4.23. The van der Waals surface area contributed by atoms with Gasteiger partial charge in [0, 0.05) is 18.4 Å². The summed E-state index contributed by atoms with van der Waals surface area (Å²) in [5.41, 5.74) is 1.83. The third kappa shape index (κ3) is 6.77. The fraction of sp³-hybridized carbons (Fsp3) is 0.783. The molecule has 2 rings (SSSR count). The van der Waals surface area contributed by atoms with Crippen molar-refractivity contribution in [1.29, 1.82) is 0 Å². The number of ether oxygens (including phenoxy) is 2. The summed E-state index contributed by atoms with van der Waals surface area (Å²) in [5, 5.41) is 0. The van der Waals surface area contributed by atoms with Gasteiger partial charge in [0.2, 0.25) is 6.23 Å². The first kappa shape index (κ1) is 24.8. The molecule has 7 heteroatoms. The SMILES string of the molecule is CCCCCCOc1nsnc1C1=CCC[N+](C)(C(OC(=O)CCC)C(C)(C)C)C1. The Hall–Kier alpha value is -1.47. The lowest BCUT2D eigenvalue weighted by atomic mass is 9.89. The van der Waals surface area contributed by atoms with Crippen LogP contribution in [0.4, 0.5) is 0 Å². The number of nitrogens with zero attached hydrogens (tertiary/aromatic N) is 3. The third-order valence-electron chi connectivity index (χ3n) is 5.57. The van der Waals surface area contributed by atoms with Gasteiger partial charge in [0.15, 0.2) is 0 Å². The number of carbonyl (C=O) groups excluding carboxylic acids is 1. The molecule has 0 fully saturated rings. The van der Waals surface area contributed by atoms with E-state index in [0.29, 0.717) is 23.4 Å². The zero-order valence-electron chi connectivity index (χ0n) is 19.7. The molecule has 0 amide bonds. The first-order valence-electron chi connectivity index (χ1n) is 11.4. The summed E-state index contributed by atoms with van der Waals surface area (Å²) in [6.45, 7) is 13.0. The van der Waals surface area contributed by atoms with Crippen LogP contribution in [0.15, 0.2) is 6.08 Å². The van der Waals surface area contributed by atoms with Gasteiger partial charge in [-0.3, -0.25) is 9.28 Å². The van der Waals surface area contributed by atoms with Crippen LogP contribution in [0, 0.1) is 5.41 Å². The van der Waals surface area contributed by atoms with Gasteiger partial charge >= 0.3 is 5.97 Å². The number of esters is 1. The maximum absolute atomic E-state index is 12.4. The number of rotatable bonds is 11. The number of aromatic nitrogens is 2. The van der Waals surface area contributed by atoms with Gasteiger partial charge in [-0.05, 0) is 12.8 Å². The molecule has 0 aromatic carbocycles. The van der Waals surface area contributed by atoms with E-state index in [4.69, 9.17) is 9.47 Å². The molecule has 1 aliphatic heterocycles. The van der Waals surface area contributed by atoms with Crippen molar-refractivity contribution in [1.82, 2.24) is 8.75 Å². The molecule has 0 N–H and O–H groups in total. The van der Waals surface area contributed by atoms with Crippen molar-refractivity contribution in [3.63, 3.8) is 0 Å². The number of hydrogen-bond donors (Lipinski definition) is 0. The molecule has 170 valence electrons. The number of carbonyl (C=O) groups is 1. The van der Waals surface area contributed by atoms with Crippen LogP contribution in [0.5, 0.6) is 5.88 Å². The topological polar surface area (TPSA) is 61.3 Å². The maximum Gasteiger partial charge on any atom is 0.310 e. The number of likely N-dealkylation sites (N-methyl/N-ethyl adjacent to an activating group) is 1. The monoisotopic (exact) mass is 438 g/mol. The number of unbranched alkanes of at least 4 members (excludes halogenated alkanes) is 3. The zero-order valence-corrected chi connectivity index (χ0v) is 20.5. The van der Waals surface area contributed by atoms with Gasteiger partial charge < -0.3 is 9.47 Å². The van der Waals surface area contributed by atoms with E-state index in [1.807, 2.05) is 6.92 Å². The van der Waals surface area contributed by atoms with E-state index >= 15 is 0 Å². The molecule has 0 bridgehead atoms. The van der Waals surface area contributed by atoms with E-state index in [1.165, 1.54) is 31.0 Å². The Morgan fingerprint density at radius 1 is 1.20 bits per heavy atom. The average Bonchev–Trinajstić information content (AvgIpc) is 3.14. The highest BCUT2D eigenvalue weighted by Gasteiger charge is 2.46. The predicted molar refractivity (Wildman–Crippen MR) is 122 cm³/mol.